The summed E-state index contributed by atoms with van der Waals surface area (Å²) in [6.45, 7) is -0.607. The Hall–Kier alpha value is -7.26. The lowest BCUT2D eigenvalue weighted by molar-refractivity contribution is -0.133. The first-order valence-electron chi connectivity index (χ1n) is 21.0. The molecular formula is C44H57ClN10O11. The van der Waals surface area contributed by atoms with Crippen LogP contribution in [0.3, 0.4) is 0 Å². The first kappa shape index (κ1) is 53.1. The molecule has 0 aliphatic heterocycles. The minimum atomic E-state index is -1.34. The van der Waals surface area contributed by atoms with Crippen LogP contribution in [0, 0.1) is 0 Å². The van der Waals surface area contributed by atoms with Gasteiger partial charge in [0.2, 0.25) is 53.2 Å². The van der Waals surface area contributed by atoms with E-state index >= 15 is 0 Å². The Kier molecular flexibility index (Phi) is 22.4. The first-order chi connectivity index (χ1) is 31.4. The molecule has 3 rings (SSSR count). The minimum absolute atomic E-state index is 0.0118. The maximum Gasteiger partial charge on any atom is 0.245 e. The number of unbranched alkanes of at least 4 members (excludes halogenated alkanes) is 1. The van der Waals surface area contributed by atoms with Crippen LogP contribution in [0.4, 0.5) is 0 Å². The number of phenols is 2. The van der Waals surface area contributed by atoms with Crippen LogP contribution < -0.4 is 54.0 Å². The number of hydrogen-bond donors (Lipinski definition) is 12. The molecule has 0 spiro atoms. The molecule has 0 unspecified atom stereocenters. The lowest BCUT2D eigenvalue weighted by atomic mass is 10.0. The molecule has 0 radical (unpaired) electrons. The molecule has 0 saturated carbocycles. The summed E-state index contributed by atoms with van der Waals surface area (Å²) in [7, 11) is 0. The summed E-state index contributed by atoms with van der Waals surface area (Å²) >= 11 is 5.95. The third kappa shape index (κ3) is 20.5. The maximum atomic E-state index is 13.7. The summed E-state index contributed by atoms with van der Waals surface area (Å²) in [5.41, 5.74) is 13.0. The second-order valence-electron chi connectivity index (χ2n) is 15.1. The second-order valence-corrected chi connectivity index (χ2v) is 15.6. The lowest BCUT2D eigenvalue weighted by Crippen LogP contribution is -2.58. The highest BCUT2D eigenvalue weighted by molar-refractivity contribution is 6.30. The van der Waals surface area contributed by atoms with Gasteiger partial charge in [0.15, 0.2) is 0 Å². The fourth-order valence-corrected chi connectivity index (χ4v) is 6.27. The maximum absolute atomic E-state index is 13.7. The zero-order valence-electron chi connectivity index (χ0n) is 36.3. The molecule has 0 heterocycles. The number of halogens is 1. The van der Waals surface area contributed by atoms with Gasteiger partial charge in [0.1, 0.15) is 35.7 Å². The predicted octanol–water partition coefficient (Wildman–Crippen LogP) is -1.79. The van der Waals surface area contributed by atoms with E-state index in [-0.39, 0.29) is 43.7 Å². The van der Waals surface area contributed by atoms with Gasteiger partial charge in [-0.2, -0.15) is 0 Å². The van der Waals surface area contributed by atoms with Crippen molar-refractivity contribution in [3.05, 3.63) is 94.5 Å². The summed E-state index contributed by atoms with van der Waals surface area (Å²) in [6, 6.07) is 13.6. The van der Waals surface area contributed by atoms with Crippen LogP contribution in [0.5, 0.6) is 11.5 Å². The third-order valence-electron chi connectivity index (χ3n) is 9.72. The van der Waals surface area contributed by atoms with E-state index in [1.54, 1.807) is 36.4 Å². The molecule has 0 aromatic heterocycles. The van der Waals surface area contributed by atoms with Gasteiger partial charge in [-0.25, -0.2) is 0 Å². The Morgan fingerprint density at radius 1 is 0.545 bits per heavy atom. The quantitative estimate of drug-likeness (QED) is 0.0377. The van der Waals surface area contributed by atoms with Crippen LogP contribution in [0.2, 0.25) is 5.02 Å². The average Bonchev–Trinajstić information content (AvgIpc) is 3.28. The van der Waals surface area contributed by atoms with Crippen molar-refractivity contribution < 1.29 is 53.4 Å². The molecule has 0 aliphatic carbocycles. The first-order valence-corrected chi connectivity index (χ1v) is 21.3. The summed E-state index contributed by atoms with van der Waals surface area (Å²) < 4.78 is 0. The molecule has 3 aromatic carbocycles. The van der Waals surface area contributed by atoms with E-state index in [0.717, 1.165) is 5.56 Å². The molecule has 0 bridgehead atoms. The highest BCUT2D eigenvalue weighted by Crippen LogP contribution is 2.14. The van der Waals surface area contributed by atoms with E-state index in [1.807, 2.05) is 0 Å². The zero-order chi connectivity index (χ0) is 48.6. The summed E-state index contributed by atoms with van der Waals surface area (Å²) in [5, 5.41) is 39.5. The lowest BCUT2D eigenvalue weighted by Gasteiger charge is -2.24. The minimum Gasteiger partial charge on any atom is -0.508 e. The normalized spacial score (nSPS) is 12.5. The van der Waals surface area contributed by atoms with Gasteiger partial charge in [-0.15, -0.1) is 0 Å². The number of nitrogens with one attached hydrogen (secondary N) is 8. The van der Waals surface area contributed by atoms with Gasteiger partial charge in [-0.05, 0) is 85.3 Å². The zero-order valence-corrected chi connectivity index (χ0v) is 37.1. The second kappa shape index (κ2) is 27.8. The number of aryl methyl sites for hydroxylation is 1. The van der Waals surface area contributed by atoms with Crippen LogP contribution in [0.1, 0.15) is 49.3 Å². The van der Waals surface area contributed by atoms with E-state index in [0.29, 0.717) is 42.0 Å². The van der Waals surface area contributed by atoms with Crippen LogP contribution >= 0.6 is 11.6 Å². The Morgan fingerprint density at radius 3 is 1.58 bits per heavy atom. The standard InChI is InChI=1S/C44H57ClN10O11/c1-26(56)48-22-36(54-37(59)18-11-27-5-12-30(45)13-6-27)44(66)55-35(21-29-9-16-32(58)17-10-29)43(65)51-25-40(62)52-33(4-2-3-19-46)42(64)50-23-38(60)49-24-39(61)53-34(41(47)63)20-28-7-14-31(57)15-8-28/h5-10,12-17,33-36,57-58H,2-4,11,18-25,46H2,1H3,(H2,47,63)(H,48,56)(H,49,60)(H,50,64)(H,51,65)(H,52,62)(H,53,61)(H,54,59)(H,55,66)/t33-,34+,35-,36+/m0/s1. The SMILES string of the molecule is CC(=O)NC[C@@H](NC(=O)CCc1ccc(Cl)cc1)C(=O)N[C@@H](Cc1ccc(O)cc1)C(=O)NCC(=O)N[C@@H](CCCCN)C(=O)NCC(=O)NCC(=O)N[C@H](Cc1ccc(O)cc1)C(N)=O. The average molecular weight is 937 g/mol. The molecule has 21 nitrogen and oxygen atoms in total. The van der Waals surface area contributed by atoms with E-state index in [1.165, 1.54) is 43.3 Å². The van der Waals surface area contributed by atoms with Crippen molar-refractivity contribution >= 4 is 64.8 Å². The van der Waals surface area contributed by atoms with Crippen molar-refractivity contribution in [3.63, 3.8) is 0 Å². The number of amides is 9. The molecule has 9 amide bonds. The molecule has 14 N–H and O–H groups in total. The van der Waals surface area contributed by atoms with Gasteiger partial charge in [0.25, 0.3) is 0 Å². The van der Waals surface area contributed by atoms with E-state index in [2.05, 4.69) is 42.5 Å². The van der Waals surface area contributed by atoms with Gasteiger partial charge in [-0.1, -0.05) is 48.0 Å². The number of carbonyl (C=O) groups is 9. The van der Waals surface area contributed by atoms with Crippen LogP contribution in [-0.4, -0.2) is 120 Å². The summed E-state index contributed by atoms with van der Waals surface area (Å²) in [5.74, 6) is -6.59. The van der Waals surface area contributed by atoms with Gasteiger partial charge >= 0.3 is 0 Å². The topological polar surface area (TPSA) is 342 Å². The van der Waals surface area contributed by atoms with Gasteiger partial charge in [0, 0.05) is 37.8 Å². The molecule has 3 aromatic rings. The molecule has 0 fully saturated rings. The monoisotopic (exact) mass is 936 g/mol. The highest BCUT2D eigenvalue weighted by Gasteiger charge is 2.29. The van der Waals surface area contributed by atoms with Crippen molar-refractivity contribution in [1.82, 2.24) is 42.5 Å². The Labute approximate surface area is 385 Å². The summed E-state index contributed by atoms with van der Waals surface area (Å²) in [6.07, 6.45) is 1.20. The number of nitrogens with two attached hydrogens (primary N) is 2. The predicted molar refractivity (Wildman–Crippen MR) is 241 cm³/mol. The fourth-order valence-electron chi connectivity index (χ4n) is 6.15. The number of hydrogen-bond acceptors (Lipinski definition) is 12. The third-order valence-corrected chi connectivity index (χ3v) is 9.97. The Balaban J connectivity index is 1.60. The fraction of sp³-hybridized carbons (Fsp3) is 0.386. The smallest absolute Gasteiger partial charge is 0.245 e. The number of carbonyl (C=O) groups excluding carboxylic acids is 9. The number of rotatable bonds is 27. The largest absolute Gasteiger partial charge is 0.508 e. The van der Waals surface area contributed by atoms with E-state index in [9.17, 15) is 53.4 Å². The molecule has 4 atom stereocenters. The Morgan fingerprint density at radius 2 is 1.03 bits per heavy atom. The number of aromatic hydroxyl groups is 2. The number of primary amides is 1. The van der Waals surface area contributed by atoms with Crippen molar-refractivity contribution in [1.29, 1.82) is 0 Å². The van der Waals surface area contributed by atoms with Crippen LogP contribution in [0.15, 0.2) is 72.8 Å². The van der Waals surface area contributed by atoms with Crippen molar-refractivity contribution in [2.24, 2.45) is 11.5 Å². The summed E-state index contributed by atoms with van der Waals surface area (Å²) in [4.78, 5) is 115. The van der Waals surface area contributed by atoms with Gasteiger partial charge < -0.3 is 64.2 Å². The molecule has 0 aliphatic rings. The van der Waals surface area contributed by atoms with Crippen molar-refractivity contribution in [2.45, 2.75) is 76.0 Å². The van der Waals surface area contributed by atoms with Gasteiger partial charge in [-0.3, -0.25) is 43.2 Å². The molecular weight excluding hydrogens is 880 g/mol. The van der Waals surface area contributed by atoms with Crippen LogP contribution in [-0.2, 0) is 62.4 Å². The van der Waals surface area contributed by atoms with E-state index in [4.69, 9.17) is 23.1 Å². The van der Waals surface area contributed by atoms with Crippen molar-refractivity contribution in [2.75, 3.05) is 32.7 Å². The number of phenolic OH excluding ortho intramolecular Hbond substituents is 2. The number of benzene rings is 3. The highest BCUT2D eigenvalue weighted by atomic mass is 35.5. The van der Waals surface area contributed by atoms with E-state index < -0.39 is 97.0 Å². The Bertz CT molecular complexity index is 2140. The molecule has 66 heavy (non-hydrogen) atoms. The van der Waals surface area contributed by atoms with Gasteiger partial charge in [0.05, 0.1) is 19.6 Å². The molecule has 0 saturated heterocycles. The van der Waals surface area contributed by atoms with Crippen molar-refractivity contribution in [3.8, 4) is 11.5 Å². The molecule has 22 heteroatoms. The molecule has 356 valence electrons. The van der Waals surface area contributed by atoms with Crippen LogP contribution in [0.25, 0.3) is 0 Å².